The highest BCUT2D eigenvalue weighted by atomic mass is 16.5. The molecule has 0 saturated carbocycles. The van der Waals surface area contributed by atoms with Gasteiger partial charge in [0.15, 0.2) is 0 Å². The van der Waals surface area contributed by atoms with Crippen molar-refractivity contribution in [1.82, 2.24) is 0 Å². The van der Waals surface area contributed by atoms with E-state index in [0.29, 0.717) is 0 Å². The highest BCUT2D eigenvalue weighted by Crippen LogP contribution is 2.04. The number of rotatable bonds is 0. The largest absolute Gasteiger partial charge is 0.397 e. The van der Waals surface area contributed by atoms with E-state index in [1.807, 2.05) is 0 Å². The molecular weight excluding hydrogens is 132 g/mol. The van der Waals surface area contributed by atoms with Crippen LogP contribution in [-0.2, 0) is 4.74 Å². The monoisotopic (exact) mass is 148 g/mol. The molecule has 10 heavy (non-hydrogen) atoms. The van der Waals surface area contributed by atoms with Crippen LogP contribution in [0.15, 0.2) is 0 Å². The van der Waals surface area contributed by atoms with Gasteiger partial charge in [-0.15, -0.1) is 0 Å². The Morgan fingerprint density at radius 1 is 1.40 bits per heavy atom. The topological polar surface area (TPSA) is 49.7 Å². The maximum Gasteiger partial charge on any atom is 0.0584 e. The summed E-state index contributed by atoms with van der Waals surface area (Å²) < 4.78 is 4.98. The average Bonchev–Trinajstić information content (AvgIpc) is 1.91. The standard InChI is InChI=1S/C5H10O2.C2H6O/c6-5-1-3-7-4-2-5;1-2-3/h5-6H,1-4H2;3H,2H2,1H3. The first-order valence-corrected chi connectivity index (χ1v) is 3.68. The zero-order chi connectivity index (χ0) is 7.82. The van der Waals surface area contributed by atoms with E-state index in [-0.39, 0.29) is 12.7 Å². The summed E-state index contributed by atoms with van der Waals surface area (Å²) in [5, 5.41) is 16.4. The Labute approximate surface area is 61.6 Å². The van der Waals surface area contributed by atoms with Crippen molar-refractivity contribution < 1.29 is 14.9 Å². The summed E-state index contributed by atoms with van der Waals surface area (Å²) in [6.45, 7) is 3.41. The van der Waals surface area contributed by atoms with Crippen molar-refractivity contribution in [1.29, 1.82) is 0 Å². The van der Waals surface area contributed by atoms with Gasteiger partial charge in [-0.3, -0.25) is 0 Å². The molecule has 3 heteroatoms. The van der Waals surface area contributed by atoms with Crippen LogP contribution >= 0.6 is 0 Å². The van der Waals surface area contributed by atoms with Crippen LogP contribution in [0.25, 0.3) is 0 Å². The maximum atomic E-state index is 8.83. The molecule has 0 aromatic carbocycles. The molecule has 0 aliphatic carbocycles. The maximum absolute atomic E-state index is 8.83. The lowest BCUT2D eigenvalue weighted by Gasteiger charge is -2.15. The molecule has 1 aliphatic heterocycles. The fourth-order valence-corrected chi connectivity index (χ4v) is 0.685. The molecule has 1 rings (SSSR count). The van der Waals surface area contributed by atoms with E-state index in [1.54, 1.807) is 6.92 Å². The molecule has 62 valence electrons. The molecule has 1 fully saturated rings. The van der Waals surface area contributed by atoms with Gasteiger partial charge < -0.3 is 14.9 Å². The van der Waals surface area contributed by atoms with Crippen molar-refractivity contribution in [3.05, 3.63) is 0 Å². The molecular formula is C7H16O3. The fraction of sp³-hybridized carbons (Fsp3) is 1.00. The summed E-state index contributed by atoms with van der Waals surface area (Å²) in [5.41, 5.74) is 0. The lowest BCUT2D eigenvalue weighted by molar-refractivity contribution is 0.0140. The summed E-state index contributed by atoms with van der Waals surface area (Å²) in [4.78, 5) is 0. The zero-order valence-electron chi connectivity index (χ0n) is 6.42. The van der Waals surface area contributed by atoms with Gasteiger partial charge in [0.05, 0.1) is 6.10 Å². The molecule has 1 aliphatic rings. The summed E-state index contributed by atoms with van der Waals surface area (Å²) in [6, 6.07) is 0. The van der Waals surface area contributed by atoms with Crippen LogP contribution < -0.4 is 0 Å². The van der Waals surface area contributed by atoms with Gasteiger partial charge in [-0.2, -0.15) is 0 Å². The summed E-state index contributed by atoms with van der Waals surface area (Å²) in [7, 11) is 0. The van der Waals surface area contributed by atoms with Crippen LogP contribution in [0.3, 0.4) is 0 Å². The molecule has 0 aromatic rings. The minimum absolute atomic E-state index is 0.0891. The SMILES string of the molecule is CCO.OC1CCOCC1. The van der Waals surface area contributed by atoms with Crippen molar-refractivity contribution in [2.24, 2.45) is 0 Å². The lowest BCUT2D eigenvalue weighted by atomic mass is 10.2. The van der Waals surface area contributed by atoms with E-state index in [4.69, 9.17) is 14.9 Å². The van der Waals surface area contributed by atoms with Crippen molar-refractivity contribution in [3.8, 4) is 0 Å². The quantitative estimate of drug-likeness (QED) is 0.514. The number of aliphatic hydroxyl groups is 2. The predicted octanol–water partition coefficient (Wildman–Crippen LogP) is 0.156. The van der Waals surface area contributed by atoms with Crippen molar-refractivity contribution in [3.63, 3.8) is 0 Å². The minimum atomic E-state index is -0.0891. The molecule has 0 atom stereocenters. The van der Waals surface area contributed by atoms with Crippen molar-refractivity contribution in [2.45, 2.75) is 25.9 Å². The first-order chi connectivity index (χ1) is 4.81. The normalized spacial score (nSPS) is 19.5. The van der Waals surface area contributed by atoms with Crippen LogP contribution in [0.5, 0.6) is 0 Å². The van der Waals surface area contributed by atoms with Gasteiger partial charge in [0.2, 0.25) is 0 Å². The van der Waals surface area contributed by atoms with Crippen LogP contribution in [0.2, 0.25) is 0 Å². The van der Waals surface area contributed by atoms with E-state index in [9.17, 15) is 0 Å². The second-order valence-electron chi connectivity index (χ2n) is 2.16. The van der Waals surface area contributed by atoms with Crippen LogP contribution in [0, 0.1) is 0 Å². The van der Waals surface area contributed by atoms with Crippen LogP contribution in [0.1, 0.15) is 19.8 Å². The van der Waals surface area contributed by atoms with E-state index in [2.05, 4.69) is 0 Å². The Morgan fingerprint density at radius 2 is 1.80 bits per heavy atom. The minimum Gasteiger partial charge on any atom is -0.397 e. The number of aliphatic hydroxyl groups excluding tert-OH is 2. The molecule has 0 bridgehead atoms. The molecule has 2 N–H and O–H groups in total. The molecule has 0 amide bonds. The molecule has 1 heterocycles. The first-order valence-electron chi connectivity index (χ1n) is 3.68. The zero-order valence-corrected chi connectivity index (χ0v) is 6.42. The van der Waals surface area contributed by atoms with E-state index >= 15 is 0 Å². The molecule has 0 spiro atoms. The number of hydrogen-bond donors (Lipinski definition) is 2. The molecule has 3 nitrogen and oxygen atoms in total. The summed E-state index contributed by atoms with van der Waals surface area (Å²) in [5.74, 6) is 0. The molecule has 0 unspecified atom stereocenters. The van der Waals surface area contributed by atoms with Gasteiger partial charge in [0.25, 0.3) is 0 Å². The van der Waals surface area contributed by atoms with Gasteiger partial charge in [-0.1, -0.05) is 0 Å². The lowest BCUT2D eigenvalue weighted by Crippen LogP contribution is -2.19. The van der Waals surface area contributed by atoms with Gasteiger partial charge in [-0.25, -0.2) is 0 Å². The second kappa shape index (κ2) is 6.99. The van der Waals surface area contributed by atoms with Crippen LogP contribution in [-0.4, -0.2) is 36.1 Å². The van der Waals surface area contributed by atoms with Gasteiger partial charge in [0, 0.05) is 19.8 Å². The van der Waals surface area contributed by atoms with E-state index in [1.165, 1.54) is 0 Å². The van der Waals surface area contributed by atoms with Gasteiger partial charge >= 0.3 is 0 Å². The average molecular weight is 148 g/mol. The third-order valence-electron chi connectivity index (χ3n) is 1.19. The van der Waals surface area contributed by atoms with Crippen molar-refractivity contribution >= 4 is 0 Å². The van der Waals surface area contributed by atoms with Gasteiger partial charge in [-0.05, 0) is 19.8 Å². The van der Waals surface area contributed by atoms with E-state index < -0.39 is 0 Å². The summed E-state index contributed by atoms with van der Waals surface area (Å²) in [6.07, 6.45) is 1.55. The Morgan fingerprint density at radius 3 is 2.00 bits per heavy atom. The Kier molecular flexibility index (Phi) is 6.91. The third kappa shape index (κ3) is 6.01. The highest BCUT2D eigenvalue weighted by Gasteiger charge is 2.07. The Hall–Kier alpha value is -0.120. The Balaban J connectivity index is 0.000000236. The molecule has 0 radical (unpaired) electrons. The number of hydrogen-bond acceptors (Lipinski definition) is 3. The molecule has 1 saturated heterocycles. The number of ether oxygens (including phenoxy) is 1. The first kappa shape index (κ1) is 9.88. The smallest absolute Gasteiger partial charge is 0.0584 e. The van der Waals surface area contributed by atoms with Crippen molar-refractivity contribution in [2.75, 3.05) is 19.8 Å². The predicted molar refractivity (Wildman–Crippen MR) is 38.8 cm³/mol. The Bertz CT molecular complexity index is 59.9. The fourth-order valence-electron chi connectivity index (χ4n) is 0.685. The third-order valence-corrected chi connectivity index (χ3v) is 1.19. The van der Waals surface area contributed by atoms with Crippen LogP contribution in [0.4, 0.5) is 0 Å². The van der Waals surface area contributed by atoms with Gasteiger partial charge in [0.1, 0.15) is 0 Å². The highest BCUT2D eigenvalue weighted by molar-refractivity contribution is 4.58. The van der Waals surface area contributed by atoms with E-state index in [0.717, 1.165) is 26.1 Å². The second-order valence-corrected chi connectivity index (χ2v) is 2.16. The summed E-state index contributed by atoms with van der Waals surface area (Å²) >= 11 is 0. The molecule has 0 aromatic heterocycles.